The lowest BCUT2D eigenvalue weighted by Crippen LogP contribution is -2.35. The molecule has 1 saturated carbocycles. The van der Waals surface area contributed by atoms with Crippen molar-refractivity contribution in [3.63, 3.8) is 0 Å². The minimum absolute atomic E-state index is 0.0753. The first-order valence-electron chi connectivity index (χ1n) is 10.1. The molecule has 1 fully saturated rings. The molecule has 0 atom stereocenters. The van der Waals surface area contributed by atoms with Crippen LogP contribution in [0.15, 0.2) is 78.9 Å². The summed E-state index contributed by atoms with van der Waals surface area (Å²) < 4.78 is 0. The molecule has 0 saturated heterocycles. The van der Waals surface area contributed by atoms with E-state index in [9.17, 15) is 9.59 Å². The highest BCUT2D eigenvalue weighted by molar-refractivity contribution is 6.34. The molecule has 0 heterocycles. The molecule has 4 rings (SSSR count). The van der Waals surface area contributed by atoms with E-state index in [-0.39, 0.29) is 11.8 Å². The van der Waals surface area contributed by atoms with Crippen LogP contribution in [-0.4, -0.2) is 18.4 Å². The molecule has 152 valence electrons. The molecule has 5 heteroatoms. The molecule has 1 aliphatic rings. The first-order chi connectivity index (χ1) is 14.6. The van der Waals surface area contributed by atoms with Crippen molar-refractivity contribution in [2.75, 3.05) is 11.9 Å². The second-order valence-electron chi connectivity index (χ2n) is 7.58. The summed E-state index contributed by atoms with van der Waals surface area (Å²) in [4.78, 5) is 25.2. The van der Waals surface area contributed by atoms with Gasteiger partial charge in [-0.25, -0.2) is 0 Å². The second-order valence-corrected chi connectivity index (χ2v) is 7.99. The maximum absolute atomic E-state index is 12.8. The van der Waals surface area contributed by atoms with Crippen LogP contribution in [0.1, 0.15) is 34.3 Å². The Morgan fingerprint density at radius 2 is 1.53 bits per heavy atom. The van der Waals surface area contributed by atoms with Gasteiger partial charge in [0.2, 0.25) is 5.91 Å². The maximum Gasteiger partial charge on any atom is 0.257 e. The van der Waals surface area contributed by atoms with Crippen LogP contribution >= 0.6 is 11.6 Å². The largest absolute Gasteiger partial charge is 0.355 e. The molecule has 0 unspecified atom stereocenters. The predicted octanol–water partition coefficient (Wildman–Crippen LogP) is 4.98. The van der Waals surface area contributed by atoms with Crippen molar-refractivity contribution in [3.8, 4) is 0 Å². The molecule has 3 aromatic rings. The molecular weight excluding hydrogens is 396 g/mol. The third-order valence-electron chi connectivity index (χ3n) is 5.54. The third kappa shape index (κ3) is 4.39. The lowest BCUT2D eigenvalue weighted by molar-refractivity contribution is -0.123. The van der Waals surface area contributed by atoms with Crippen molar-refractivity contribution in [2.24, 2.45) is 0 Å². The average Bonchev–Trinajstić information content (AvgIpc) is 3.57. The SMILES string of the molecule is O=C(Nc1ccc(C2(C(=O)NCCc3ccccc3)CC2)cc1)c1ccccc1Cl. The first kappa shape index (κ1) is 20.2. The predicted molar refractivity (Wildman–Crippen MR) is 120 cm³/mol. The number of nitrogens with one attached hydrogen (secondary N) is 2. The molecule has 0 radical (unpaired) electrons. The van der Waals surface area contributed by atoms with Crippen molar-refractivity contribution in [1.82, 2.24) is 5.32 Å². The summed E-state index contributed by atoms with van der Waals surface area (Å²) >= 11 is 6.09. The molecule has 0 aromatic heterocycles. The minimum atomic E-state index is -0.442. The summed E-state index contributed by atoms with van der Waals surface area (Å²) in [5.41, 5.74) is 2.85. The van der Waals surface area contributed by atoms with Crippen LogP contribution in [0.4, 0.5) is 5.69 Å². The van der Waals surface area contributed by atoms with Gasteiger partial charge in [0.05, 0.1) is 16.0 Å². The number of hydrogen-bond acceptors (Lipinski definition) is 2. The standard InChI is InChI=1S/C25H23ClN2O2/c26-22-9-5-4-8-21(22)23(29)28-20-12-10-19(11-13-20)25(15-16-25)24(30)27-17-14-18-6-2-1-3-7-18/h1-13H,14-17H2,(H,27,30)(H,28,29). The first-order valence-corrected chi connectivity index (χ1v) is 10.4. The van der Waals surface area contributed by atoms with Crippen LogP contribution in [-0.2, 0) is 16.6 Å². The van der Waals surface area contributed by atoms with Crippen molar-refractivity contribution in [3.05, 3.63) is 101 Å². The molecule has 3 aromatic carbocycles. The fraction of sp³-hybridized carbons (Fsp3) is 0.200. The summed E-state index contributed by atoms with van der Waals surface area (Å²) in [6.45, 7) is 0.622. The van der Waals surface area contributed by atoms with E-state index in [4.69, 9.17) is 11.6 Å². The Balaban J connectivity index is 1.36. The maximum atomic E-state index is 12.8. The minimum Gasteiger partial charge on any atom is -0.355 e. The summed E-state index contributed by atoms with van der Waals surface area (Å²) in [5.74, 6) is -0.181. The Morgan fingerprint density at radius 3 is 2.20 bits per heavy atom. The van der Waals surface area contributed by atoms with Gasteiger partial charge >= 0.3 is 0 Å². The molecule has 1 aliphatic carbocycles. The van der Waals surface area contributed by atoms with Gasteiger partial charge in [0.1, 0.15) is 0 Å². The van der Waals surface area contributed by atoms with E-state index in [2.05, 4.69) is 22.8 Å². The van der Waals surface area contributed by atoms with Crippen molar-refractivity contribution in [1.29, 1.82) is 0 Å². The van der Waals surface area contributed by atoms with Crippen LogP contribution in [0.25, 0.3) is 0 Å². The van der Waals surface area contributed by atoms with Crippen molar-refractivity contribution in [2.45, 2.75) is 24.7 Å². The van der Waals surface area contributed by atoms with E-state index in [0.29, 0.717) is 22.8 Å². The van der Waals surface area contributed by atoms with Crippen molar-refractivity contribution >= 4 is 29.1 Å². The molecular formula is C25H23ClN2O2. The number of carbonyl (C=O) groups is 2. The molecule has 30 heavy (non-hydrogen) atoms. The quantitative estimate of drug-likeness (QED) is 0.568. The number of carbonyl (C=O) groups excluding carboxylic acids is 2. The lowest BCUT2D eigenvalue weighted by Gasteiger charge is -2.16. The Morgan fingerprint density at radius 1 is 0.867 bits per heavy atom. The van der Waals surface area contributed by atoms with E-state index in [1.807, 2.05) is 42.5 Å². The fourth-order valence-corrected chi connectivity index (χ4v) is 3.84. The molecule has 2 N–H and O–H groups in total. The number of hydrogen-bond donors (Lipinski definition) is 2. The Kier molecular flexibility index (Phi) is 5.86. The fourth-order valence-electron chi connectivity index (χ4n) is 3.62. The zero-order valence-corrected chi connectivity index (χ0v) is 17.3. The highest BCUT2D eigenvalue weighted by atomic mass is 35.5. The number of amides is 2. The van der Waals surface area contributed by atoms with Gasteiger partial charge in [0, 0.05) is 12.2 Å². The zero-order valence-electron chi connectivity index (χ0n) is 16.5. The summed E-state index contributed by atoms with van der Waals surface area (Å²) in [6.07, 6.45) is 2.50. The third-order valence-corrected chi connectivity index (χ3v) is 5.87. The highest BCUT2D eigenvalue weighted by Gasteiger charge is 2.50. The number of benzene rings is 3. The monoisotopic (exact) mass is 418 g/mol. The van der Waals surface area contributed by atoms with Gasteiger partial charge in [-0.05, 0) is 54.7 Å². The van der Waals surface area contributed by atoms with Crippen molar-refractivity contribution < 1.29 is 9.59 Å². The number of rotatable bonds is 7. The van der Waals surface area contributed by atoms with Crippen LogP contribution in [0.2, 0.25) is 5.02 Å². The van der Waals surface area contributed by atoms with Gasteiger partial charge < -0.3 is 10.6 Å². The molecule has 0 spiro atoms. The Bertz CT molecular complexity index is 1040. The lowest BCUT2D eigenvalue weighted by atomic mass is 9.94. The van der Waals surface area contributed by atoms with E-state index in [1.54, 1.807) is 24.3 Å². The molecule has 2 amide bonds. The molecule has 0 bridgehead atoms. The Labute approximate surface area is 181 Å². The van der Waals surface area contributed by atoms with Crippen LogP contribution in [0.3, 0.4) is 0 Å². The molecule has 4 nitrogen and oxygen atoms in total. The number of halogens is 1. The second kappa shape index (κ2) is 8.72. The summed E-state index contributed by atoms with van der Waals surface area (Å²) in [7, 11) is 0. The molecule has 0 aliphatic heterocycles. The van der Waals surface area contributed by atoms with E-state index < -0.39 is 5.41 Å². The van der Waals surface area contributed by atoms with E-state index >= 15 is 0 Å². The average molecular weight is 419 g/mol. The normalized spacial score (nSPS) is 14.0. The van der Waals surface area contributed by atoms with Gasteiger partial charge in [0.25, 0.3) is 5.91 Å². The highest BCUT2D eigenvalue weighted by Crippen LogP contribution is 2.48. The number of anilines is 1. The zero-order chi connectivity index (χ0) is 21.0. The Hall–Kier alpha value is -3.11. The van der Waals surface area contributed by atoms with Gasteiger partial charge in [-0.2, -0.15) is 0 Å². The van der Waals surface area contributed by atoms with E-state index in [1.165, 1.54) is 5.56 Å². The summed E-state index contributed by atoms with van der Waals surface area (Å²) in [6, 6.07) is 24.6. The smallest absolute Gasteiger partial charge is 0.257 e. The van der Waals surface area contributed by atoms with Crippen LogP contribution < -0.4 is 10.6 Å². The van der Waals surface area contributed by atoms with E-state index in [0.717, 1.165) is 24.8 Å². The van der Waals surface area contributed by atoms with Gasteiger partial charge in [0.15, 0.2) is 0 Å². The van der Waals surface area contributed by atoms with Gasteiger partial charge in [-0.1, -0.05) is 66.2 Å². The van der Waals surface area contributed by atoms with Crippen LogP contribution in [0.5, 0.6) is 0 Å². The van der Waals surface area contributed by atoms with Gasteiger partial charge in [-0.15, -0.1) is 0 Å². The summed E-state index contributed by atoms with van der Waals surface area (Å²) in [5, 5.41) is 6.35. The van der Waals surface area contributed by atoms with Gasteiger partial charge in [-0.3, -0.25) is 9.59 Å². The topological polar surface area (TPSA) is 58.2 Å². The van der Waals surface area contributed by atoms with Crippen LogP contribution in [0, 0.1) is 0 Å².